The lowest BCUT2D eigenvalue weighted by atomic mass is 11.6. The van der Waals surface area contributed by atoms with Crippen LogP contribution in [0.25, 0.3) is 0 Å². The molecule has 0 heterocycles. The summed E-state index contributed by atoms with van der Waals surface area (Å²) in [6.07, 6.45) is 0. The predicted molar refractivity (Wildman–Crippen MR) is 60.8 cm³/mol. The van der Waals surface area contributed by atoms with Gasteiger partial charge in [0, 0.05) is 0 Å². The summed E-state index contributed by atoms with van der Waals surface area (Å²) in [4.78, 5) is 6.88. The number of nitrogens with zero attached hydrogens (tertiary/aromatic N) is 1. The predicted octanol–water partition coefficient (Wildman–Crippen LogP) is 0.761. The molecule has 5 heteroatoms. The fourth-order valence-corrected chi connectivity index (χ4v) is 7.97. The quantitative estimate of drug-likeness (QED) is 0.664. The first-order valence-electron chi connectivity index (χ1n) is 4.39. The van der Waals surface area contributed by atoms with E-state index in [1.807, 2.05) is 0 Å². The first kappa shape index (κ1) is 12.3. The lowest BCUT2D eigenvalue weighted by Crippen LogP contribution is -2.70. The van der Waals surface area contributed by atoms with E-state index in [1.165, 1.54) is 0 Å². The molecule has 0 amide bonds. The van der Waals surface area contributed by atoms with Gasteiger partial charge in [-0.15, -0.1) is 0 Å². The Morgan fingerprint density at radius 1 is 0.833 bits per heavy atom. The van der Waals surface area contributed by atoms with Crippen LogP contribution in [0.5, 0.6) is 0 Å². The van der Waals surface area contributed by atoms with Crippen molar-refractivity contribution in [2.75, 3.05) is 21.1 Å². The second kappa shape index (κ2) is 4.01. The van der Waals surface area contributed by atoms with Crippen LogP contribution >= 0.6 is 0 Å². The Balaban J connectivity index is 4.47. The van der Waals surface area contributed by atoms with Crippen molar-refractivity contribution in [3.8, 4) is 0 Å². The largest absolute Gasteiger partial charge is 0.329 e. The van der Waals surface area contributed by atoms with Gasteiger partial charge in [0.2, 0.25) is 0 Å². The Hall–Kier alpha value is 0.314. The molecule has 74 valence electrons. The zero-order chi connectivity index (χ0) is 9.99. The third kappa shape index (κ3) is 2.67. The molecular weight excluding hydrogens is 182 g/mol. The van der Waals surface area contributed by atoms with Gasteiger partial charge in [-0.1, -0.05) is 0 Å². The molecule has 2 N–H and O–H groups in total. The highest BCUT2D eigenvalue weighted by Gasteiger charge is 2.36. The molecule has 0 rings (SSSR count). The Morgan fingerprint density at radius 3 is 1.25 bits per heavy atom. The van der Waals surface area contributed by atoms with Gasteiger partial charge in [-0.3, -0.25) is 0 Å². The van der Waals surface area contributed by atoms with Crippen LogP contribution in [-0.4, -0.2) is 42.2 Å². The molecule has 0 aliphatic heterocycles. The molecule has 0 saturated carbocycles. The molecule has 0 unspecified atom stereocenters. The van der Waals surface area contributed by atoms with Crippen LogP contribution in [0.3, 0.4) is 0 Å². The average Bonchev–Trinajstić information content (AvgIpc) is 2.03. The number of hydrogen-bond acceptors (Lipinski definition) is 3. The maximum atomic E-state index is 3.44. The lowest BCUT2D eigenvalue weighted by molar-refractivity contribution is 0.698. The fraction of sp³-hybridized carbons (Fsp3) is 1.00. The van der Waals surface area contributed by atoms with Gasteiger partial charge in [-0.25, -0.2) is 0 Å². The lowest BCUT2D eigenvalue weighted by Gasteiger charge is -2.43. The van der Waals surface area contributed by atoms with Crippen molar-refractivity contribution in [3.05, 3.63) is 0 Å². The standard InChI is InChI=1S/C7H23N3Si2/c1-8-11(4,5)10(3)12(6,7)9-2/h8-9H,1-7H3. The molecule has 0 bridgehead atoms. The summed E-state index contributed by atoms with van der Waals surface area (Å²) in [6, 6.07) is 0. The number of nitrogens with one attached hydrogen (secondary N) is 2. The zero-order valence-corrected chi connectivity index (χ0v) is 11.4. The highest BCUT2D eigenvalue weighted by molar-refractivity contribution is 6.88. The Kier molecular flexibility index (Phi) is 4.12. The molecule has 0 aromatic heterocycles. The van der Waals surface area contributed by atoms with E-state index in [4.69, 9.17) is 0 Å². The van der Waals surface area contributed by atoms with Gasteiger partial charge < -0.3 is 14.2 Å². The third-order valence-corrected chi connectivity index (χ3v) is 12.1. The van der Waals surface area contributed by atoms with Gasteiger partial charge in [-0.05, 0) is 47.3 Å². The van der Waals surface area contributed by atoms with E-state index in [2.05, 4.69) is 61.5 Å². The highest BCUT2D eigenvalue weighted by Crippen LogP contribution is 2.11. The fourth-order valence-electron chi connectivity index (χ4n) is 1.03. The summed E-state index contributed by atoms with van der Waals surface area (Å²) in [5.41, 5.74) is 0. The van der Waals surface area contributed by atoms with Crippen molar-refractivity contribution in [2.24, 2.45) is 0 Å². The van der Waals surface area contributed by atoms with Crippen molar-refractivity contribution >= 4 is 16.8 Å². The van der Waals surface area contributed by atoms with Crippen molar-refractivity contribution in [1.82, 2.24) is 14.2 Å². The molecule has 0 fully saturated rings. The third-order valence-electron chi connectivity index (χ3n) is 2.90. The van der Waals surface area contributed by atoms with Crippen molar-refractivity contribution < 1.29 is 0 Å². The normalized spacial score (nSPS) is 14.0. The Labute approximate surface area is 78.9 Å². The van der Waals surface area contributed by atoms with Crippen LogP contribution < -0.4 is 9.96 Å². The molecule has 0 spiro atoms. The minimum atomic E-state index is -1.35. The molecule has 0 aromatic rings. The first-order valence-corrected chi connectivity index (χ1v) is 10.3. The molecule has 0 aliphatic rings. The van der Waals surface area contributed by atoms with Crippen molar-refractivity contribution in [3.63, 3.8) is 0 Å². The minimum absolute atomic E-state index is 1.35. The first-order chi connectivity index (χ1) is 5.28. The van der Waals surface area contributed by atoms with E-state index in [1.54, 1.807) is 0 Å². The van der Waals surface area contributed by atoms with Gasteiger partial charge >= 0.3 is 0 Å². The second-order valence-electron chi connectivity index (χ2n) is 4.18. The topological polar surface area (TPSA) is 27.3 Å². The monoisotopic (exact) mass is 205 g/mol. The van der Waals surface area contributed by atoms with Crippen LogP contribution in [0.1, 0.15) is 0 Å². The maximum Gasteiger partial charge on any atom is 0.191 e. The van der Waals surface area contributed by atoms with Gasteiger partial charge in [0.1, 0.15) is 0 Å². The van der Waals surface area contributed by atoms with Crippen LogP contribution in [0.2, 0.25) is 26.2 Å². The molecule has 3 nitrogen and oxygen atoms in total. The van der Waals surface area contributed by atoms with Crippen LogP contribution in [0.15, 0.2) is 0 Å². The van der Waals surface area contributed by atoms with E-state index in [0.717, 1.165) is 0 Å². The molecule has 0 atom stereocenters. The molecular formula is C7H23N3Si2. The van der Waals surface area contributed by atoms with Crippen molar-refractivity contribution in [2.45, 2.75) is 26.2 Å². The molecule has 0 radical (unpaired) electrons. The molecule has 0 saturated heterocycles. The summed E-state index contributed by atoms with van der Waals surface area (Å²) in [5.74, 6) is 0. The van der Waals surface area contributed by atoms with Crippen LogP contribution in [-0.2, 0) is 0 Å². The highest BCUT2D eigenvalue weighted by atomic mass is 28.4. The van der Waals surface area contributed by atoms with Crippen molar-refractivity contribution in [1.29, 1.82) is 0 Å². The van der Waals surface area contributed by atoms with Crippen LogP contribution in [0, 0.1) is 0 Å². The summed E-state index contributed by atoms with van der Waals surface area (Å²) in [7, 11) is 3.64. The maximum absolute atomic E-state index is 3.44. The van der Waals surface area contributed by atoms with Gasteiger partial charge in [0.25, 0.3) is 0 Å². The minimum Gasteiger partial charge on any atom is -0.329 e. The van der Waals surface area contributed by atoms with E-state index >= 15 is 0 Å². The summed E-state index contributed by atoms with van der Waals surface area (Å²) >= 11 is 0. The van der Waals surface area contributed by atoms with Gasteiger partial charge in [0.15, 0.2) is 16.8 Å². The van der Waals surface area contributed by atoms with E-state index < -0.39 is 16.8 Å². The number of hydrogen-bond donors (Lipinski definition) is 2. The summed E-state index contributed by atoms with van der Waals surface area (Å²) in [6.45, 7) is 9.33. The van der Waals surface area contributed by atoms with Gasteiger partial charge in [-0.2, -0.15) is 0 Å². The molecule has 12 heavy (non-hydrogen) atoms. The number of rotatable bonds is 4. The Bertz CT molecular complexity index is 132. The molecule has 0 aromatic carbocycles. The smallest absolute Gasteiger partial charge is 0.191 e. The Morgan fingerprint density at radius 2 is 1.08 bits per heavy atom. The summed E-state index contributed by atoms with van der Waals surface area (Å²) < 4.78 is 2.54. The second-order valence-corrected chi connectivity index (χ2v) is 13.2. The zero-order valence-electron chi connectivity index (χ0n) is 9.45. The van der Waals surface area contributed by atoms with E-state index in [-0.39, 0.29) is 0 Å². The average molecular weight is 205 g/mol. The SMILES string of the molecule is CN[Si](C)(C)N(C)[Si](C)(C)NC. The van der Waals surface area contributed by atoms with E-state index in [0.29, 0.717) is 0 Å². The summed E-state index contributed by atoms with van der Waals surface area (Å²) in [5, 5.41) is 0. The molecule has 0 aliphatic carbocycles. The van der Waals surface area contributed by atoms with Gasteiger partial charge in [0.05, 0.1) is 0 Å². The van der Waals surface area contributed by atoms with Crippen LogP contribution in [0.4, 0.5) is 0 Å². The van der Waals surface area contributed by atoms with E-state index in [9.17, 15) is 0 Å².